The SMILES string of the molecule is O=C(NCc1nnc2ccccn12)c1ccccc1-n1cnnn1. The van der Waals surface area contributed by atoms with Crippen LogP contribution >= 0.6 is 0 Å². The topological polar surface area (TPSA) is 103 Å². The van der Waals surface area contributed by atoms with Gasteiger partial charge in [-0.2, -0.15) is 4.68 Å². The van der Waals surface area contributed by atoms with Crippen molar-refractivity contribution < 1.29 is 4.79 Å². The summed E-state index contributed by atoms with van der Waals surface area (Å²) in [4.78, 5) is 12.5. The fourth-order valence-corrected chi connectivity index (χ4v) is 2.40. The van der Waals surface area contributed by atoms with Crippen molar-refractivity contribution in [3.63, 3.8) is 0 Å². The third kappa shape index (κ3) is 2.47. The van der Waals surface area contributed by atoms with Crippen molar-refractivity contribution in [2.24, 2.45) is 0 Å². The molecule has 0 fully saturated rings. The Morgan fingerprint density at radius 2 is 1.96 bits per heavy atom. The largest absolute Gasteiger partial charge is 0.345 e. The Hall–Kier alpha value is -3.62. The molecule has 1 aromatic carbocycles. The summed E-state index contributed by atoms with van der Waals surface area (Å²) in [5.41, 5.74) is 1.81. The second kappa shape index (κ2) is 5.88. The lowest BCUT2D eigenvalue weighted by molar-refractivity contribution is 0.0949. The Balaban J connectivity index is 1.57. The molecule has 4 rings (SSSR count). The van der Waals surface area contributed by atoms with E-state index in [4.69, 9.17) is 0 Å². The predicted molar refractivity (Wildman–Crippen MR) is 83.3 cm³/mol. The molecule has 0 aliphatic carbocycles. The summed E-state index contributed by atoms with van der Waals surface area (Å²) in [5.74, 6) is 0.410. The van der Waals surface area contributed by atoms with Crippen molar-refractivity contribution in [3.8, 4) is 5.69 Å². The first-order valence-electron chi connectivity index (χ1n) is 7.22. The van der Waals surface area contributed by atoms with E-state index in [0.29, 0.717) is 17.1 Å². The molecule has 0 atom stereocenters. The minimum Gasteiger partial charge on any atom is -0.345 e. The van der Waals surface area contributed by atoms with Crippen molar-refractivity contribution in [2.45, 2.75) is 6.54 Å². The summed E-state index contributed by atoms with van der Waals surface area (Å²) in [6.07, 6.45) is 3.30. The molecule has 3 heterocycles. The average Bonchev–Trinajstić information content (AvgIpc) is 3.30. The van der Waals surface area contributed by atoms with Crippen molar-refractivity contribution in [1.82, 2.24) is 40.1 Å². The minimum absolute atomic E-state index is 0.242. The molecule has 0 saturated heterocycles. The van der Waals surface area contributed by atoms with Crippen LogP contribution in [0.5, 0.6) is 0 Å². The Bertz CT molecular complexity index is 992. The van der Waals surface area contributed by atoms with Crippen molar-refractivity contribution >= 4 is 11.6 Å². The number of tetrazole rings is 1. The Morgan fingerprint density at radius 3 is 2.83 bits per heavy atom. The number of nitrogens with one attached hydrogen (secondary N) is 1. The summed E-state index contributed by atoms with van der Waals surface area (Å²) in [7, 11) is 0. The van der Waals surface area contributed by atoms with Gasteiger partial charge < -0.3 is 5.32 Å². The molecule has 24 heavy (non-hydrogen) atoms. The van der Waals surface area contributed by atoms with Gasteiger partial charge in [-0.3, -0.25) is 9.20 Å². The van der Waals surface area contributed by atoms with E-state index in [1.807, 2.05) is 34.9 Å². The summed E-state index contributed by atoms with van der Waals surface area (Å²) < 4.78 is 3.27. The number of hydrogen-bond acceptors (Lipinski definition) is 6. The zero-order valence-electron chi connectivity index (χ0n) is 12.4. The molecule has 0 aliphatic rings. The maximum atomic E-state index is 12.5. The smallest absolute Gasteiger partial charge is 0.253 e. The van der Waals surface area contributed by atoms with Crippen molar-refractivity contribution in [2.75, 3.05) is 0 Å². The number of rotatable bonds is 4. The summed E-state index contributed by atoms with van der Waals surface area (Å²) in [5, 5.41) is 22.0. The number of aromatic nitrogens is 7. The number of para-hydroxylation sites is 1. The normalized spacial score (nSPS) is 10.8. The molecule has 4 aromatic rings. The van der Waals surface area contributed by atoms with Crippen molar-refractivity contribution in [3.05, 3.63) is 66.4 Å². The lowest BCUT2D eigenvalue weighted by atomic mass is 10.1. The van der Waals surface area contributed by atoms with Gasteiger partial charge in [0.05, 0.1) is 17.8 Å². The van der Waals surface area contributed by atoms with Gasteiger partial charge in [0.25, 0.3) is 5.91 Å². The zero-order chi connectivity index (χ0) is 16.4. The van der Waals surface area contributed by atoms with E-state index >= 15 is 0 Å². The number of pyridine rings is 1. The molecule has 0 spiro atoms. The number of benzene rings is 1. The number of fused-ring (bicyclic) bond motifs is 1. The highest BCUT2D eigenvalue weighted by atomic mass is 16.1. The van der Waals surface area contributed by atoms with Crippen LogP contribution in [0.1, 0.15) is 16.2 Å². The van der Waals surface area contributed by atoms with E-state index in [0.717, 1.165) is 5.65 Å². The predicted octanol–water partition coefficient (Wildman–Crippen LogP) is 0.635. The fourth-order valence-electron chi connectivity index (χ4n) is 2.40. The molecule has 0 unspecified atom stereocenters. The van der Waals surface area contributed by atoms with Gasteiger partial charge in [-0.1, -0.05) is 18.2 Å². The Kier molecular flexibility index (Phi) is 3.43. The molecule has 0 aliphatic heterocycles. The fraction of sp³-hybridized carbons (Fsp3) is 0.0667. The maximum Gasteiger partial charge on any atom is 0.253 e. The first-order chi connectivity index (χ1) is 11.8. The maximum absolute atomic E-state index is 12.5. The molecule has 9 heteroatoms. The highest BCUT2D eigenvalue weighted by Gasteiger charge is 2.14. The van der Waals surface area contributed by atoms with Crippen molar-refractivity contribution in [1.29, 1.82) is 0 Å². The molecule has 0 saturated carbocycles. The van der Waals surface area contributed by atoms with E-state index in [2.05, 4.69) is 31.0 Å². The van der Waals surface area contributed by atoms with Gasteiger partial charge in [0.15, 0.2) is 11.5 Å². The second-order valence-corrected chi connectivity index (χ2v) is 5.00. The van der Waals surface area contributed by atoms with Crippen LogP contribution in [0.15, 0.2) is 55.0 Å². The van der Waals surface area contributed by atoms with Crippen LogP contribution in [-0.2, 0) is 6.54 Å². The summed E-state index contributed by atoms with van der Waals surface area (Å²) in [6.45, 7) is 0.258. The molecule has 1 N–H and O–H groups in total. The monoisotopic (exact) mass is 320 g/mol. The van der Waals surface area contributed by atoms with E-state index in [1.54, 1.807) is 18.2 Å². The van der Waals surface area contributed by atoms with E-state index in [1.165, 1.54) is 11.0 Å². The van der Waals surface area contributed by atoms with Crippen LogP contribution in [0.25, 0.3) is 11.3 Å². The lowest BCUT2D eigenvalue weighted by Crippen LogP contribution is -2.25. The van der Waals surface area contributed by atoms with E-state index in [9.17, 15) is 4.79 Å². The van der Waals surface area contributed by atoms with Crippen LogP contribution in [0.4, 0.5) is 0 Å². The van der Waals surface area contributed by atoms with Crippen LogP contribution in [0.3, 0.4) is 0 Å². The quantitative estimate of drug-likeness (QED) is 0.592. The molecule has 3 aromatic heterocycles. The first-order valence-corrected chi connectivity index (χ1v) is 7.22. The van der Waals surface area contributed by atoms with E-state index < -0.39 is 0 Å². The van der Waals surface area contributed by atoms with Gasteiger partial charge in [-0.05, 0) is 34.7 Å². The van der Waals surface area contributed by atoms with Crippen LogP contribution < -0.4 is 5.32 Å². The number of amides is 1. The number of nitrogens with zero attached hydrogens (tertiary/aromatic N) is 7. The average molecular weight is 320 g/mol. The summed E-state index contributed by atoms with van der Waals surface area (Å²) >= 11 is 0. The molecule has 0 bridgehead atoms. The lowest BCUT2D eigenvalue weighted by Gasteiger charge is -2.08. The number of carbonyl (C=O) groups is 1. The molecular formula is C15H12N8O. The Morgan fingerprint density at radius 1 is 1.08 bits per heavy atom. The van der Waals surface area contributed by atoms with Gasteiger partial charge in [0.2, 0.25) is 0 Å². The van der Waals surface area contributed by atoms with E-state index in [-0.39, 0.29) is 12.5 Å². The van der Waals surface area contributed by atoms with Crippen LogP contribution in [-0.4, -0.2) is 40.7 Å². The molecular weight excluding hydrogens is 308 g/mol. The minimum atomic E-state index is -0.242. The third-order valence-corrected chi connectivity index (χ3v) is 3.54. The van der Waals surface area contributed by atoms with Gasteiger partial charge in [0, 0.05) is 6.20 Å². The van der Waals surface area contributed by atoms with Gasteiger partial charge in [0.1, 0.15) is 6.33 Å². The molecule has 1 amide bonds. The first kappa shape index (κ1) is 14.0. The van der Waals surface area contributed by atoms with Gasteiger partial charge in [-0.25, -0.2) is 0 Å². The zero-order valence-corrected chi connectivity index (χ0v) is 12.4. The summed E-state index contributed by atoms with van der Waals surface area (Å²) in [6, 6.07) is 12.7. The molecule has 9 nitrogen and oxygen atoms in total. The third-order valence-electron chi connectivity index (χ3n) is 3.54. The standard InChI is InChI=1S/C15H12N8O/c24-15(11-5-1-2-6-12(11)23-10-17-20-21-23)16-9-14-19-18-13-7-3-4-8-22(13)14/h1-8,10H,9H2,(H,16,24). The molecule has 0 radical (unpaired) electrons. The van der Waals surface area contributed by atoms with Gasteiger partial charge >= 0.3 is 0 Å². The Labute approximate surface area is 135 Å². The molecule has 118 valence electrons. The number of carbonyl (C=O) groups excluding carboxylic acids is 1. The highest BCUT2D eigenvalue weighted by molar-refractivity contribution is 5.97. The van der Waals surface area contributed by atoms with Crippen LogP contribution in [0, 0.1) is 0 Å². The highest BCUT2D eigenvalue weighted by Crippen LogP contribution is 2.12. The van der Waals surface area contributed by atoms with Gasteiger partial charge in [-0.15, -0.1) is 15.3 Å². The number of hydrogen-bond donors (Lipinski definition) is 1. The second-order valence-electron chi connectivity index (χ2n) is 5.00. The van der Waals surface area contributed by atoms with Crippen LogP contribution in [0.2, 0.25) is 0 Å².